The molecule has 0 fully saturated rings. The van der Waals surface area contributed by atoms with Gasteiger partial charge in [-0.3, -0.25) is 4.79 Å². The van der Waals surface area contributed by atoms with Crippen molar-refractivity contribution < 1.29 is 9.21 Å². The average Bonchev–Trinajstić information content (AvgIpc) is 3.22. The Balaban J connectivity index is 1.64. The zero-order valence-electron chi connectivity index (χ0n) is 13.5. The third kappa shape index (κ3) is 3.21. The van der Waals surface area contributed by atoms with Crippen LogP contribution in [0.15, 0.2) is 52.9 Å². The van der Waals surface area contributed by atoms with E-state index in [1.54, 1.807) is 31.2 Å². The molecular weight excluding hydrogens is 391 g/mol. The summed E-state index contributed by atoms with van der Waals surface area (Å²) in [6, 6.07) is 14.4. The Morgan fingerprint density at radius 1 is 1.12 bits per heavy atom. The fraction of sp³-hybridized carbons (Fsp3) is 0.0526. The largest absolute Gasteiger partial charge is 0.441 e. The van der Waals surface area contributed by atoms with Gasteiger partial charge >= 0.3 is 0 Å². The summed E-state index contributed by atoms with van der Waals surface area (Å²) in [5.74, 6) is 0.362. The SMILES string of the molecule is Cc1nc2cc(Cl)c(-c3ccc(C(=O)Nc4ccccc4Cl)s3)cc2o1. The Labute approximate surface area is 163 Å². The lowest BCUT2D eigenvalue weighted by Gasteiger charge is -2.05. The zero-order valence-corrected chi connectivity index (χ0v) is 15.9. The highest BCUT2D eigenvalue weighted by Gasteiger charge is 2.15. The molecule has 0 unspecified atom stereocenters. The van der Waals surface area contributed by atoms with Gasteiger partial charge in [-0.15, -0.1) is 11.3 Å². The molecule has 7 heteroatoms. The van der Waals surface area contributed by atoms with Crippen LogP contribution >= 0.6 is 34.5 Å². The van der Waals surface area contributed by atoms with Crippen LogP contribution < -0.4 is 5.32 Å². The standard InChI is InChI=1S/C19H12Cl2N2O2S/c1-10-22-15-9-13(21)11(8-16(15)25-10)17-6-7-18(26-17)19(24)23-14-5-3-2-4-12(14)20/h2-9H,1H3,(H,23,24). The number of carbonyl (C=O) groups excluding carboxylic acids is 1. The number of rotatable bonds is 3. The van der Waals surface area contributed by atoms with Crippen molar-refractivity contribution in [2.45, 2.75) is 6.92 Å². The molecule has 0 atom stereocenters. The maximum atomic E-state index is 12.5. The number of aryl methyl sites for hydroxylation is 1. The molecule has 2 aromatic carbocycles. The summed E-state index contributed by atoms with van der Waals surface area (Å²) < 4.78 is 5.57. The molecule has 0 aliphatic rings. The molecular formula is C19H12Cl2N2O2S. The van der Waals surface area contributed by atoms with Gasteiger partial charge in [-0.2, -0.15) is 0 Å². The normalized spacial score (nSPS) is 11.0. The van der Waals surface area contributed by atoms with E-state index >= 15 is 0 Å². The van der Waals surface area contributed by atoms with Gasteiger partial charge in [-0.05, 0) is 36.4 Å². The molecule has 1 N–H and O–H groups in total. The molecule has 0 bridgehead atoms. The third-order valence-electron chi connectivity index (χ3n) is 3.80. The quantitative estimate of drug-likeness (QED) is 0.429. The predicted molar refractivity (Wildman–Crippen MR) is 106 cm³/mol. The van der Waals surface area contributed by atoms with Crippen molar-refractivity contribution in [1.29, 1.82) is 0 Å². The molecule has 0 spiro atoms. The summed E-state index contributed by atoms with van der Waals surface area (Å²) in [4.78, 5) is 18.2. The van der Waals surface area contributed by atoms with Crippen LogP contribution in [0.1, 0.15) is 15.6 Å². The Morgan fingerprint density at radius 2 is 1.92 bits per heavy atom. The number of nitrogens with zero attached hydrogens (tertiary/aromatic N) is 1. The highest BCUT2D eigenvalue weighted by molar-refractivity contribution is 7.17. The van der Waals surface area contributed by atoms with Crippen LogP contribution in [0.25, 0.3) is 21.5 Å². The number of fused-ring (bicyclic) bond motifs is 1. The first kappa shape index (κ1) is 17.1. The van der Waals surface area contributed by atoms with E-state index in [0.29, 0.717) is 37.6 Å². The summed E-state index contributed by atoms with van der Waals surface area (Å²) in [5, 5.41) is 3.87. The minimum atomic E-state index is -0.220. The summed E-state index contributed by atoms with van der Waals surface area (Å²) in [5.41, 5.74) is 2.75. The number of carbonyl (C=O) groups is 1. The van der Waals surface area contributed by atoms with E-state index < -0.39 is 0 Å². The molecule has 4 rings (SSSR count). The predicted octanol–water partition coefficient (Wildman–Crippen LogP) is 6.42. The topological polar surface area (TPSA) is 55.1 Å². The van der Waals surface area contributed by atoms with Crippen LogP contribution in [0.2, 0.25) is 10.0 Å². The number of para-hydroxylation sites is 1. The highest BCUT2D eigenvalue weighted by atomic mass is 35.5. The minimum absolute atomic E-state index is 0.220. The Hall–Kier alpha value is -2.34. The minimum Gasteiger partial charge on any atom is -0.441 e. The molecule has 1 amide bonds. The van der Waals surface area contributed by atoms with Gasteiger partial charge in [0.2, 0.25) is 0 Å². The molecule has 0 radical (unpaired) electrons. The van der Waals surface area contributed by atoms with Gasteiger partial charge in [-0.25, -0.2) is 4.98 Å². The molecule has 4 nitrogen and oxygen atoms in total. The van der Waals surface area contributed by atoms with E-state index in [0.717, 1.165) is 10.4 Å². The molecule has 130 valence electrons. The second kappa shape index (κ2) is 6.76. The van der Waals surface area contributed by atoms with Gasteiger partial charge in [-0.1, -0.05) is 35.3 Å². The number of benzene rings is 2. The number of hydrogen-bond acceptors (Lipinski definition) is 4. The van der Waals surface area contributed by atoms with Crippen molar-refractivity contribution >= 4 is 57.2 Å². The monoisotopic (exact) mass is 402 g/mol. The molecule has 0 saturated heterocycles. The number of anilines is 1. The Kier molecular flexibility index (Phi) is 4.44. The number of nitrogens with one attached hydrogen (secondary N) is 1. The van der Waals surface area contributed by atoms with Gasteiger partial charge in [0.1, 0.15) is 5.52 Å². The fourth-order valence-corrected chi connectivity index (χ4v) is 4.03. The first-order valence-corrected chi connectivity index (χ1v) is 9.31. The summed E-state index contributed by atoms with van der Waals surface area (Å²) in [6.45, 7) is 1.79. The van der Waals surface area contributed by atoms with Crippen LogP contribution in [-0.2, 0) is 0 Å². The highest BCUT2D eigenvalue weighted by Crippen LogP contribution is 2.36. The third-order valence-corrected chi connectivity index (χ3v) is 5.56. The zero-order chi connectivity index (χ0) is 18.3. The Morgan fingerprint density at radius 3 is 2.73 bits per heavy atom. The van der Waals surface area contributed by atoms with E-state index in [1.165, 1.54) is 11.3 Å². The first-order chi connectivity index (χ1) is 12.5. The summed E-state index contributed by atoms with van der Waals surface area (Å²) in [6.07, 6.45) is 0. The number of halogens is 2. The van der Waals surface area contributed by atoms with Crippen LogP contribution in [-0.4, -0.2) is 10.9 Å². The summed E-state index contributed by atoms with van der Waals surface area (Å²) >= 11 is 13.8. The average molecular weight is 403 g/mol. The second-order valence-electron chi connectivity index (χ2n) is 5.63. The number of aromatic nitrogens is 1. The molecule has 2 aromatic heterocycles. The number of amides is 1. The fourth-order valence-electron chi connectivity index (χ4n) is 2.60. The van der Waals surface area contributed by atoms with Crippen molar-refractivity contribution in [1.82, 2.24) is 4.98 Å². The number of oxazole rings is 1. The van der Waals surface area contributed by atoms with Crippen LogP contribution in [0, 0.1) is 6.92 Å². The maximum Gasteiger partial charge on any atom is 0.265 e. The van der Waals surface area contributed by atoms with Crippen molar-refractivity contribution in [3.05, 3.63) is 69.3 Å². The lowest BCUT2D eigenvalue weighted by Crippen LogP contribution is -2.10. The van der Waals surface area contributed by atoms with Crippen molar-refractivity contribution in [3.63, 3.8) is 0 Å². The number of hydrogen-bond donors (Lipinski definition) is 1. The second-order valence-corrected chi connectivity index (χ2v) is 7.53. The lowest BCUT2D eigenvalue weighted by molar-refractivity contribution is 0.103. The first-order valence-electron chi connectivity index (χ1n) is 7.74. The Bertz CT molecular complexity index is 1130. The maximum absolute atomic E-state index is 12.5. The number of thiophene rings is 1. The summed E-state index contributed by atoms with van der Waals surface area (Å²) in [7, 11) is 0. The van der Waals surface area contributed by atoms with Gasteiger partial charge < -0.3 is 9.73 Å². The molecule has 4 aromatic rings. The van der Waals surface area contributed by atoms with E-state index in [-0.39, 0.29) is 5.91 Å². The smallest absolute Gasteiger partial charge is 0.265 e. The van der Waals surface area contributed by atoms with E-state index in [2.05, 4.69) is 10.3 Å². The van der Waals surface area contributed by atoms with E-state index in [9.17, 15) is 4.79 Å². The van der Waals surface area contributed by atoms with Crippen LogP contribution in [0.4, 0.5) is 5.69 Å². The molecule has 26 heavy (non-hydrogen) atoms. The van der Waals surface area contributed by atoms with Crippen molar-refractivity contribution in [3.8, 4) is 10.4 Å². The van der Waals surface area contributed by atoms with Gasteiger partial charge in [0.25, 0.3) is 5.91 Å². The van der Waals surface area contributed by atoms with Crippen LogP contribution in [0.5, 0.6) is 0 Å². The molecule has 0 saturated carbocycles. The van der Waals surface area contributed by atoms with Crippen LogP contribution in [0.3, 0.4) is 0 Å². The van der Waals surface area contributed by atoms with E-state index in [1.807, 2.05) is 24.3 Å². The molecule has 0 aliphatic carbocycles. The van der Waals surface area contributed by atoms with Gasteiger partial charge in [0.15, 0.2) is 11.5 Å². The lowest BCUT2D eigenvalue weighted by atomic mass is 10.1. The molecule has 0 aliphatic heterocycles. The van der Waals surface area contributed by atoms with Crippen molar-refractivity contribution in [2.24, 2.45) is 0 Å². The van der Waals surface area contributed by atoms with E-state index in [4.69, 9.17) is 27.6 Å². The van der Waals surface area contributed by atoms with Crippen molar-refractivity contribution in [2.75, 3.05) is 5.32 Å². The van der Waals surface area contributed by atoms with Gasteiger partial charge in [0.05, 0.1) is 20.6 Å². The van der Waals surface area contributed by atoms with Gasteiger partial charge in [0, 0.05) is 17.4 Å². The molecule has 2 heterocycles.